The van der Waals surface area contributed by atoms with E-state index in [0.717, 1.165) is 4.90 Å². The van der Waals surface area contributed by atoms with Crippen molar-refractivity contribution in [1.29, 1.82) is 0 Å². The lowest BCUT2D eigenvalue weighted by Gasteiger charge is -2.38. The van der Waals surface area contributed by atoms with Gasteiger partial charge in [0.15, 0.2) is 0 Å². The SMILES string of the molecule is Cc1cn(CC(=O)N2CC(F)(F)C2)c(=O)c2c(-c3ccc(F)c(Cl)c3)ccn12. The highest BCUT2D eigenvalue weighted by atomic mass is 35.5. The summed E-state index contributed by atoms with van der Waals surface area (Å²) in [5.41, 5.74) is 1.61. The van der Waals surface area contributed by atoms with Crippen LogP contribution in [0.25, 0.3) is 16.6 Å². The molecule has 0 unspecified atom stereocenters. The molecule has 5 nitrogen and oxygen atoms in total. The summed E-state index contributed by atoms with van der Waals surface area (Å²) in [5.74, 6) is -3.98. The summed E-state index contributed by atoms with van der Waals surface area (Å²) in [6, 6.07) is 5.85. The van der Waals surface area contributed by atoms with Crippen LogP contribution < -0.4 is 5.56 Å². The predicted molar refractivity (Wildman–Crippen MR) is 98.3 cm³/mol. The van der Waals surface area contributed by atoms with Crippen molar-refractivity contribution in [3.63, 3.8) is 0 Å². The Morgan fingerprint density at radius 2 is 1.96 bits per heavy atom. The minimum atomic E-state index is -2.86. The number of hydrogen-bond donors (Lipinski definition) is 0. The molecule has 0 N–H and O–H groups in total. The maximum atomic E-state index is 13.5. The average Bonchev–Trinajstić information content (AvgIpc) is 3.05. The van der Waals surface area contributed by atoms with Crippen molar-refractivity contribution in [2.75, 3.05) is 13.1 Å². The van der Waals surface area contributed by atoms with E-state index in [2.05, 4.69) is 0 Å². The van der Waals surface area contributed by atoms with Crippen LogP contribution >= 0.6 is 11.6 Å². The number of aryl methyl sites for hydroxylation is 1. The van der Waals surface area contributed by atoms with Crippen LogP contribution in [-0.2, 0) is 11.3 Å². The maximum absolute atomic E-state index is 13.5. The van der Waals surface area contributed by atoms with Crippen molar-refractivity contribution in [3.05, 3.63) is 63.5 Å². The van der Waals surface area contributed by atoms with Crippen LogP contribution in [-0.4, -0.2) is 38.8 Å². The van der Waals surface area contributed by atoms with Crippen molar-refractivity contribution in [2.45, 2.75) is 19.4 Å². The maximum Gasteiger partial charge on any atom is 0.282 e. The molecule has 9 heteroatoms. The van der Waals surface area contributed by atoms with E-state index >= 15 is 0 Å². The summed E-state index contributed by atoms with van der Waals surface area (Å²) < 4.78 is 42.3. The van der Waals surface area contributed by atoms with Gasteiger partial charge in [-0.2, -0.15) is 0 Å². The molecule has 1 fully saturated rings. The number of likely N-dealkylation sites (tertiary alicyclic amines) is 1. The van der Waals surface area contributed by atoms with Gasteiger partial charge in [0.2, 0.25) is 5.91 Å². The third-order valence-electron chi connectivity index (χ3n) is 4.81. The molecule has 0 radical (unpaired) electrons. The number of fused-ring (bicyclic) bond motifs is 1. The van der Waals surface area contributed by atoms with Gasteiger partial charge in [-0.1, -0.05) is 17.7 Å². The average molecular weight is 410 g/mol. The fraction of sp³-hybridized carbons (Fsp3) is 0.263. The van der Waals surface area contributed by atoms with E-state index in [9.17, 15) is 22.8 Å². The van der Waals surface area contributed by atoms with Gasteiger partial charge in [0, 0.05) is 23.7 Å². The lowest BCUT2D eigenvalue weighted by Crippen LogP contribution is -2.59. The van der Waals surface area contributed by atoms with E-state index in [1.807, 2.05) is 0 Å². The fourth-order valence-electron chi connectivity index (χ4n) is 3.38. The Hall–Kier alpha value is -2.74. The lowest BCUT2D eigenvalue weighted by atomic mass is 10.1. The summed E-state index contributed by atoms with van der Waals surface area (Å²) in [5, 5.41) is -0.0706. The molecule has 1 aromatic carbocycles. The van der Waals surface area contributed by atoms with Gasteiger partial charge in [-0.15, -0.1) is 0 Å². The number of carbonyl (C=O) groups excluding carboxylic acids is 1. The highest BCUT2D eigenvalue weighted by molar-refractivity contribution is 6.31. The van der Waals surface area contributed by atoms with Crippen LogP contribution in [0.2, 0.25) is 5.02 Å². The predicted octanol–water partition coefficient (Wildman–Crippen LogP) is 3.35. The van der Waals surface area contributed by atoms with E-state index in [-0.39, 0.29) is 11.6 Å². The zero-order chi connectivity index (χ0) is 20.2. The number of rotatable bonds is 3. The summed E-state index contributed by atoms with van der Waals surface area (Å²) in [6.45, 7) is 0.159. The van der Waals surface area contributed by atoms with Crippen molar-refractivity contribution < 1.29 is 18.0 Å². The molecule has 1 saturated heterocycles. The van der Waals surface area contributed by atoms with E-state index < -0.39 is 36.3 Å². The first-order chi connectivity index (χ1) is 13.2. The summed E-state index contributed by atoms with van der Waals surface area (Å²) in [4.78, 5) is 26.2. The summed E-state index contributed by atoms with van der Waals surface area (Å²) in [7, 11) is 0. The quantitative estimate of drug-likeness (QED) is 0.666. The van der Waals surface area contributed by atoms with Crippen LogP contribution in [0.4, 0.5) is 13.2 Å². The summed E-state index contributed by atoms with van der Waals surface area (Å²) in [6.07, 6.45) is 3.20. The Labute approximate surface area is 162 Å². The first-order valence-corrected chi connectivity index (χ1v) is 8.86. The summed E-state index contributed by atoms with van der Waals surface area (Å²) >= 11 is 5.86. The molecule has 1 aliphatic rings. The second-order valence-corrected chi connectivity index (χ2v) is 7.29. The molecule has 0 bridgehead atoms. The van der Waals surface area contributed by atoms with E-state index in [1.54, 1.807) is 23.6 Å². The molecule has 0 atom stereocenters. The molecule has 3 heterocycles. The van der Waals surface area contributed by atoms with E-state index in [0.29, 0.717) is 22.3 Å². The number of halogens is 4. The smallest absolute Gasteiger partial charge is 0.282 e. The zero-order valence-electron chi connectivity index (χ0n) is 14.8. The van der Waals surface area contributed by atoms with Crippen LogP contribution in [0, 0.1) is 12.7 Å². The lowest BCUT2D eigenvalue weighted by molar-refractivity contribution is -0.166. The highest BCUT2D eigenvalue weighted by Gasteiger charge is 2.46. The van der Waals surface area contributed by atoms with Gasteiger partial charge in [0.05, 0.1) is 18.1 Å². The number of amides is 1. The first kappa shape index (κ1) is 18.6. The van der Waals surface area contributed by atoms with Crippen LogP contribution in [0.5, 0.6) is 0 Å². The zero-order valence-corrected chi connectivity index (χ0v) is 15.5. The number of hydrogen-bond acceptors (Lipinski definition) is 2. The first-order valence-electron chi connectivity index (χ1n) is 8.48. The third kappa shape index (κ3) is 3.07. The Bertz CT molecular complexity index is 1160. The Kier molecular flexibility index (Phi) is 4.26. The van der Waals surface area contributed by atoms with Crippen LogP contribution in [0.15, 0.2) is 41.5 Å². The largest absolute Gasteiger partial charge is 0.329 e. The van der Waals surface area contributed by atoms with E-state index in [1.165, 1.54) is 29.0 Å². The second kappa shape index (κ2) is 6.41. The molecule has 4 rings (SSSR count). The van der Waals surface area contributed by atoms with E-state index in [4.69, 9.17) is 11.6 Å². The van der Waals surface area contributed by atoms with Crippen molar-refractivity contribution in [2.24, 2.45) is 0 Å². The van der Waals surface area contributed by atoms with Crippen LogP contribution in [0.3, 0.4) is 0 Å². The Morgan fingerprint density at radius 1 is 1.25 bits per heavy atom. The molecule has 0 saturated carbocycles. The molecular formula is C19H15ClF3N3O2. The molecule has 28 heavy (non-hydrogen) atoms. The minimum absolute atomic E-state index is 0.0706. The number of carbonyl (C=O) groups is 1. The molecule has 0 spiro atoms. The van der Waals surface area contributed by atoms with Gasteiger partial charge >= 0.3 is 0 Å². The molecule has 1 amide bonds. The molecule has 3 aromatic rings. The standard InChI is InChI=1S/C19H15ClF3N3O2/c1-11-7-24(8-16(27)25-9-19(22,23)10-25)18(28)17-13(4-5-26(11)17)12-2-3-15(21)14(20)6-12/h2-7H,8-10H2,1H3. The van der Waals surface area contributed by atoms with Gasteiger partial charge < -0.3 is 13.9 Å². The third-order valence-corrected chi connectivity index (χ3v) is 5.10. The van der Waals surface area contributed by atoms with Gasteiger partial charge in [0.1, 0.15) is 17.9 Å². The molecule has 0 aliphatic carbocycles. The molecular weight excluding hydrogens is 395 g/mol. The van der Waals surface area contributed by atoms with Crippen LogP contribution in [0.1, 0.15) is 5.69 Å². The topological polar surface area (TPSA) is 46.7 Å². The molecule has 2 aromatic heterocycles. The monoisotopic (exact) mass is 409 g/mol. The number of nitrogens with zero attached hydrogens (tertiary/aromatic N) is 3. The highest BCUT2D eigenvalue weighted by Crippen LogP contribution is 2.29. The van der Waals surface area contributed by atoms with Gasteiger partial charge in [-0.25, -0.2) is 13.2 Å². The molecule has 1 aliphatic heterocycles. The number of aromatic nitrogens is 2. The van der Waals surface area contributed by atoms with Gasteiger partial charge in [0.25, 0.3) is 11.5 Å². The minimum Gasteiger partial charge on any atom is -0.329 e. The Balaban J connectivity index is 1.75. The van der Waals surface area contributed by atoms with Crippen molar-refractivity contribution in [1.82, 2.24) is 13.9 Å². The molecule has 146 valence electrons. The van der Waals surface area contributed by atoms with Crippen molar-refractivity contribution in [3.8, 4) is 11.1 Å². The number of benzene rings is 1. The Morgan fingerprint density at radius 3 is 2.61 bits per heavy atom. The normalized spacial score (nSPS) is 15.7. The van der Waals surface area contributed by atoms with Gasteiger partial charge in [-0.3, -0.25) is 9.59 Å². The van der Waals surface area contributed by atoms with Gasteiger partial charge in [-0.05, 0) is 30.7 Å². The fourth-order valence-corrected chi connectivity index (χ4v) is 3.56. The second-order valence-electron chi connectivity index (χ2n) is 6.89. The number of alkyl halides is 2. The van der Waals surface area contributed by atoms with Crippen molar-refractivity contribution >= 4 is 23.0 Å².